The third-order valence-corrected chi connectivity index (χ3v) is 11.2. The van der Waals surface area contributed by atoms with Crippen LogP contribution in [0.4, 0.5) is 0 Å². The molecule has 0 fully saturated rings. The highest BCUT2D eigenvalue weighted by Gasteiger charge is 2.22. The lowest BCUT2D eigenvalue weighted by Gasteiger charge is -2.23. The summed E-state index contributed by atoms with van der Waals surface area (Å²) in [5.74, 6) is 0. The maximum atomic E-state index is 2.47. The van der Waals surface area contributed by atoms with Gasteiger partial charge in [0.1, 0.15) is 0 Å². The second-order valence-corrected chi connectivity index (χ2v) is 14.3. The molecule has 0 spiro atoms. The number of aromatic nitrogens is 3. The molecule has 3 nitrogen and oxygen atoms in total. The summed E-state index contributed by atoms with van der Waals surface area (Å²) in [5.41, 5.74) is 12.1. The summed E-state index contributed by atoms with van der Waals surface area (Å²) in [4.78, 5) is 0. The lowest BCUT2D eigenvalue weighted by Crippen LogP contribution is -2.15. The number of para-hydroxylation sites is 5. The normalized spacial score (nSPS) is 12.4. The van der Waals surface area contributed by atoms with Crippen LogP contribution >= 0.6 is 0 Å². The maximum Gasteiger partial charge on any atom is 0.0541 e. The monoisotopic (exact) mass is 643 g/mol. The molecule has 0 atom stereocenters. The minimum atomic E-state index is 0.0948. The molecule has 3 aromatic heterocycles. The fraction of sp³-hybridized carbons (Fsp3) is 0.106. The third-order valence-electron chi connectivity index (χ3n) is 11.2. The van der Waals surface area contributed by atoms with Crippen LogP contribution in [0.15, 0.2) is 158 Å². The van der Waals surface area contributed by atoms with E-state index in [1.807, 2.05) is 0 Å². The molecule has 0 N–H and O–H groups in total. The number of fused-ring (bicyclic) bond motifs is 9. The summed E-state index contributed by atoms with van der Waals surface area (Å²) in [5, 5.41) is 7.60. The van der Waals surface area contributed by atoms with Crippen molar-refractivity contribution in [1.82, 2.24) is 13.7 Å². The van der Waals surface area contributed by atoms with Crippen LogP contribution in [0.3, 0.4) is 0 Å². The van der Waals surface area contributed by atoms with Gasteiger partial charge >= 0.3 is 0 Å². The molecule has 10 aromatic rings. The molecule has 0 bridgehead atoms. The first-order chi connectivity index (χ1) is 24.5. The van der Waals surface area contributed by atoms with Gasteiger partial charge in [0.2, 0.25) is 0 Å². The van der Waals surface area contributed by atoms with E-state index in [9.17, 15) is 0 Å². The van der Waals surface area contributed by atoms with E-state index >= 15 is 0 Å². The van der Waals surface area contributed by atoms with E-state index in [-0.39, 0.29) is 5.41 Å². The first-order valence-electron chi connectivity index (χ1n) is 17.7. The molecule has 0 aliphatic rings. The summed E-state index contributed by atoms with van der Waals surface area (Å²) in [7, 11) is 0. The summed E-state index contributed by atoms with van der Waals surface area (Å²) in [6.07, 6.45) is 1.08. The highest BCUT2D eigenvalue weighted by atomic mass is 15.0. The Hall–Kier alpha value is -6.06. The van der Waals surface area contributed by atoms with Gasteiger partial charge in [0.15, 0.2) is 0 Å². The maximum absolute atomic E-state index is 2.47. The van der Waals surface area contributed by atoms with Crippen LogP contribution in [-0.2, 0) is 5.41 Å². The predicted molar refractivity (Wildman–Crippen MR) is 213 cm³/mol. The minimum absolute atomic E-state index is 0.0948. The molecule has 240 valence electrons. The molecular weight excluding hydrogens is 607 g/mol. The van der Waals surface area contributed by atoms with Crippen molar-refractivity contribution >= 4 is 65.4 Å². The van der Waals surface area contributed by atoms with Gasteiger partial charge in [-0.1, -0.05) is 118 Å². The first kappa shape index (κ1) is 28.9. The van der Waals surface area contributed by atoms with Crippen molar-refractivity contribution in [3.05, 3.63) is 163 Å². The molecule has 0 saturated heterocycles. The van der Waals surface area contributed by atoms with Gasteiger partial charge in [-0.05, 0) is 78.1 Å². The predicted octanol–water partition coefficient (Wildman–Crippen LogP) is 12.7. The number of hydrogen-bond donors (Lipinski definition) is 0. The van der Waals surface area contributed by atoms with Crippen molar-refractivity contribution in [2.24, 2.45) is 0 Å². The molecule has 3 heteroatoms. The molecule has 0 aliphatic heterocycles. The van der Waals surface area contributed by atoms with Gasteiger partial charge in [-0.2, -0.15) is 0 Å². The largest absolute Gasteiger partial charge is 0.309 e. The fourth-order valence-electron chi connectivity index (χ4n) is 8.24. The van der Waals surface area contributed by atoms with Gasteiger partial charge in [-0.3, -0.25) is 0 Å². The fourth-order valence-corrected chi connectivity index (χ4v) is 8.24. The zero-order valence-corrected chi connectivity index (χ0v) is 28.6. The Morgan fingerprint density at radius 2 is 0.660 bits per heavy atom. The number of rotatable bonds is 5. The summed E-state index contributed by atoms with van der Waals surface area (Å²) >= 11 is 0. The summed E-state index contributed by atoms with van der Waals surface area (Å²) in [6, 6.07) is 58.3. The van der Waals surface area contributed by atoms with E-state index in [1.165, 1.54) is 71.0 Å². The van der Waals surface area contributed by atoms with Gasteiger partial charge < -0.3 is 13.7 Å². The van der Waals surface area contributed by atoms with E-state index in [4.69, 9.17) is 0 Å². The molecule has 3 heterocycles. The van der Waals surface area contributed by atoms with Crippen LogP contribution in [0.5, 0.6) is 0 Å². The van der Waals surface area contributed by atoms with E-state index < -0.39 is 0 Å². The average Bonchev–Trinajstić information content (AvgIpc) is 3.80. The van der Waals surface area contributed by atoms with Crippen LogP contribution in [0.1, 0.15) is 32.8 Å². The molecular formula is C47H37N3. The lowest BCUT2D eigenvalue weighted by atomic mass is 9.82. The van der Waals surface area contributed by atoms with Gasteiger partial charge in [-0.25, -0.2) is 0 Å². The summed E-state index contributed by atoms with van der Waals surface area (Å²) < 4.78 is 7.37. The molecule has 0 saturated carbocycles. The van der Waals surface area contributed by atoms with Crippen molar-refractivity contribution in [3.63, 3.8) is 0 Å². The van der Waals surface area contributed by atoms with Gasteiger partial charge in [-0.15, -0.1) is 0 Å². The quantitative estimate of drug-likeness (QED) is 0.177. The van der Waals surface area contributed by atoms with E-state index in [0.717, 1.165) is 23.5 Å². The van der Waals surface area contributed by atoms with Gasteiger partial charge in [0, 0.05) is 32.3 Å². The zero-order chi connectivity index (χ0) is 33.6. The molecule has 50 heavy (non-hydrogen) atoms. The van der Waals surface area contributed by atoms with Gasteiger partial charge in [0.05, 0.1) is 50.2 Å². The Balaban J connectivity index is 1.35. The number of benzene rings is 7. The standard InChI is InChI=1S/C47H37N3/c1-4-47(2,3)31-25-26-46-40(27-31)39-19-9-14-24-45(39)50(46)34-29-32(48-41-20-10-5-15-35(41)36-16-6-11-21-42(36)48)28-33(30-34)49-43-22-12-7-17-37(43)38-18-8-13-23-44(38)49/h5-30H,4H2,1-3H3. The highest BCUT2D eigenvalue weighted by Crippen LogP contribution is 2.40. The average molecular weight is 644 g/mol. The van der Waals surface area contributed by atoms with Crippen molar-refractivity contribution < 1.29 is 0 Å². The summed E-state index contributed by atoms with van der Waals surface area (Å²) in [6.45, 7) is 6.98. The van der Waals surface area contributed by atoms with Crippen LogP contribution < -0.4 is 0 Å². The van der Waals surface area contributed by atoms with Gasteiger partial charge in [0.25, 0.3) is 0 Å². The Bertz CT molecular complexity index is 2710. The number of hydrogen-bond acceptors (Lipinski definition) is 0. The van der Waals surface area contributed by atoms with Crippen LogP contribution in [-0.4, -0.2) is 13.7 Å². The molecule has 7 aromatic carbocycles. The van der Waals surface area contributed by atoms with E-state index in [1.54, 1.807) is 0 Å². The SMILES string of the molecule is CCC(C)(C)c1ccc2c(c1)c1ccccc1n2-c1cc(-n2c3ccccc3c3ccccc32)cc(-n2c3ccccc3c3ccccc32)c1. The van der Waals surface area contributed by atoms with Crippen LogP contribution in [0.25, 0.3) is 82.5 Å². The second-order valence-electron chi connectivity index (χ2n) is 14.3. The molecule has 0 unspecified atom stereocenters. The van der Waals surface area contributed by atoms with E-state index in [2.05, 4.69) is 192 Å². The Morgan fingerprint density at radius 1 is 0.360 bits per heavy atom. The molecule has 0 aliphatic carbocycles. The Kier molecular flexibility index (Phi) is 6.20. The molecule has 0 amide bonds. The second kappa shape index (κ2) is 10.7. The van der Waals surface area contributed by atoms with Crippen molar-refractivity contribution in [2.45, 2.75) is 32.6 Å². The topological polar surface area (TPSA) is 14.8 Å². The van der Waals surface area contributed by atoms with Crippen LogP contribution in [0, 0.1) is 0 Å². The smallest absolute Gasteiger partial charge is 0.0541 e. The Labute approximate surface area is 291 Å². The number of nitrogens with zero attached hydrogens (tertiary/aromatic N) is 3. The van der Waals surface area contributed by atoms with Crippen LogP contribution in [0.2, 0.25) is 0 Å². The molecule has 0 radical (unpaired) electrons. The minimum Gasteiger partial charge on any atom is -0.309 e. The third kappa shape index (κ3) is 4.10. The molecule has 10 rings (SSSR count). The van der Waals surface area contributed by atoms with Crippen molar-refractivity contribution in [2.75, 3.05) is 0 Å². The zero-order valence-electron chi connectivity index (χ0n) is 28.6. The van der Waals surface area contributed by atoms with Crippen molar-refractivity contribution in [3.8, 4) is 17.1 Å². The van der Waals surface area contributed by atoms with Crippen molar-refractivity contribution in [1.29, 1.82) is 0 Å². The van der Waals surface area contributed by atoms with E-state index in [0.29, 0.717) is 0 Å². The Morgan fingerprint density at radius 3 is 1.00 bits per heavy atom. The lowest BCUT2D eigenvalue weighted by molar-refractivity contribution is 0.507. The first-order valence-corrected chi connectivity index (χ1v) is 17.7. The highest BCUT2D eigenvalue weighted by molar-refractivity contribution is 6.12.